The highest BCUT2D eigenvalue weighted by atomic mass is 16.5. The number of nitrogens with one attached hydrogen (secondary N) is 2. The summed E-state index contributed by atoms with van der Waals surface area (Å²) in [7, 11) is 3.12. The quantitative estimate of drug-likeness (QED) is 0.650. The molecule has 2 N–H and O–H groups in total. The monoisotopic (exact) mass is 394 g/mol. The molecule has 0 aliphatic carbocycles. The van der Waals surface area contributed by atoms with E-state index in [0.29, 0.717) is 17.2 Å². The Morgan fingerprint density at radius 3 is 2.55 bits per heavy atom. The van der Waals surface area contributed by atoms with Gasteiger partial charge >= 0.3 is 6.03 Å². The van der Waals surface area contributed by atoms with Crippen molar-refractivity contribution in [1.82, 2.24) is 15.1 Å². The van der Waals surface area contributed by atoms with Gasteiger partial charge in [0.25, 0.3) is 0 Å². The van der Waals surface area contributed by atoms with Crippen LogP contribution in [0.5, 0.6) is 11.5 Å². The maximum absolute atomic E-state index is 12.5. The van der Waals surface area contributed by atoms with Gasteiger partial charge in [0, 0.05) is 17.3 Å². The lowest BCUT2D eigenvalue weighted by Crippen LogP contribution is -2.31. The van der Waals surface area contributed by atoms with Gasteiger partial charge in [-0.1, -0.05) is 18.2 Å². The lowest BCUT2D eigenvalue weighted by atomic mass is 10.1. The fraction of sp³-hybridized carbons (Fsp3) is 0.273. The number of carbonyl (C=O) groups excluding carboxylic acids is 1. The number of hydrogen-bond acceptors (Lipinski definition) is 4. The van der Waals surface area contributed by atoms with Crippen LogP contribution in [0, 0.1) is 13.8 Å². The number of nitrogens with zero attached hydrogens (tertiary/aromatic N) is 2. The predicted octanol–water partition coefficient (Wildman–Crippen LogP) is 4.39. The number of benzene rings is 2. The molecule has 2 aromatic carbocycles. The van der Waals surface area contributed by atoms with Crippen LogP contribution in [0.2, 0.25) is 0 Å². The van der Waals surface area contributed by atoms with Crippen LogP contribution in [-0.2, 0) is 0 Å². The molecule has 2 amide bonds. The third kappa shape index (κ3) is 4.34. The van der Waals surface area contributed by atoms with Crippen LogP contribution in [0.1, 0.15) is 29.8 Å². The lowest BCUT2D eigenvalue weighted by molar-refractivity contribution is 0.249. The zero-order valence-corrected chi connectivity index (χ0v) is 17.3. The van der Waals surface area contributed by atoms with Gasteiger partial charge in [-0.3, -0.25) is 0 Å². The van der Waals surface area contributed by atoms with E-state index in [9.17, 15) is 4.79 Å². The summed E-state index contributed by atoms with van der Waals surface area (Å²) in [4.78, 5) is 12.5. The largest absolute Gasteiger partial charge is 0.497 e. The third-order valence-electron chi connectivity index (χ3n) is 4.86. The standard InChI is InChI=1S/C22H26N4O3/c1-14-8-6-7-9-20(14)26-16(3)18(13-23-26)15(2)24-22(27)25-19-11-10-17(28-4)12-21(19)29-5/h6-13,15H,1-5H3,(H2,24,25,27)/t15-/m0/s1. The molecule has 1 atom stereocenters. The topological polar surface area (TPSA) is 77.4 Å². The molecule has 7 nitrogen and oxygen atoms in total. The number of para-hydroxylation sites is 1. The van der Waals surface area contributed by atoms with Gasteiger partial charge in [-0.2, -0.15) is 5.10 Å². The highest BCUT2D eigenvalue weighted by Gasteiger charge is 2.18. The van der Waals surface area contributed by atoms with Gasteiger partial charge in [0.15, 0.2) is 0 Å². The molecule has 0 fully saturated rings. The third-order valence-corrected chi connectivity index (χ3v) is 4.86. The van der Waals surface area contributed by atoms with Crippen molar-refractivity contribution in [3.8, 4) is 17.2 Å². The first-order valence-corrected chi connectivity index (χ1v) is 9.34. The fourth-order valence-electron chi connectivity index (χ4n) is 3.23. The number of hydrogen-bond donors (Lipinski definition) is 2. The summed E-state index contributed by atoms with van der Waals surface area (Å²) >= 11 is 0. The number of urea groups is 1. The molecule has 0 spiro atoms. The minimum atomic E-state index is -0.330. The Morgan fingerprint density at radius 1 is 1.10 bits per heavy atom. The molecule has 3 aromatic rings. The number of carbonyl (C=O) groups is 1. The van der Waals surface area contributed by atoms with Gasteiger partial charge in [-0.15, -0.1) is 0 Å². The van der Waals surface area contributed by atoms with E-state index < -0.39 is 0 Å². The van der Waals surface area contributed by atoms with Crippen LogP contribution in [0.3, 0.4) is 0 Å². The minimum Gasteiger partial charge on any atom is -0.497 e. The number of methoxy groups -OCH3 is 2. The predicted molar refractivity (Wildman–Crippen MR) is 113 cm³/mol. The second kappa shape index (κ2) is 8.68. The molecule has 1 heterocycles. The van der Waals surface area contributed by atoms with Crippen molar-refractivity contribution in [2.75, 3.05) is 19.5 Å². The summed E-state index contributed by atoms with van der Waals surface area (Å²) in [5.74, 6) is 1.18. The van der Waals surface area contributed by atoms with Crippen molar-refractivity contribution in [2.45, 2.75) is 26.8 Å². The van der Waals surface area contributed by atoms with E-state index in [4.69, 9.17) is 9.47 Å². The van der Waals surface area contributed by atoms with Crippen LogP contribution < -0.4 is 20.1 Å². The molecule has 0 bridgehead atoms. The highest BCUT2D eigenvalue weighted by Crippen LogP contribution is 2.29. The molecule has 152 valence electrons. The minimum absolute atomic E-state index is 0.225. The molecule has 3 rings (SSSR count). The van der Waals surface area contributed by atoms with Gasteiger partial charge in [0.05, 0.1) is 37.8 Å². The highest BCUT2D eigenvalue weighted by molar-refractivity contribution is 5.91. The average Bonchev–Trinajstić information content (AvgIpc) is 3.09. The Bertz CT molecular complexity index is 1010. The summed E-state index contributed by atoms with van der Waals surface area (Å²) in [6.45, 7) is 5.97. The molecule has 0 aliphatic heterocycles. The molecule has 0 aliphatic rings. The first-order valence-electron chi connectivity index (χ1n) is 9.34. The normalized spacial score (nSPS) is 11.6. The molecule has 7 heteroatoms. The molecule has 29 heavy (non-hydrogen) atoms. The van der Waals surface area contributed by atoms with Crippen LogP contribution in [0.4, 0.5) is 10.5 Å². The molecular weight excluding hydrogens is 368 g/mol. The molecule has 0 saturated carbocycles. The van der Waals surface area contributed by atoms with Gasteiger partial charge in [-0.25, -0.2) is 9.48 Å². The Balaban J connectivity index is 1.73. The Kier molecular flexibility index (Phi) is 6.07. The van der Waals surface area contributed by atoms with Gasteiger partial charge in [0.1, 0.15) is 11.5 Å². The van der Waals surface area contributed by atoms with E-state index in [1.54, 1.807) is 38.6 Å². The van der Waals surface area contributed by atoms with Gasteiger partial charge in [-0.05, 0) is 44.5 Å². The van der Waals surface area contributed by atoms with Crippen molar-refractivity contribution in [3.05, 3.63) is 65.5 Å². The van der Waals surface area contributed by atoms with Crippen molar-refractivity contribution in [1.29, 1.82) is 0 Å². The second-order valence-corrected chi connectivity index (χ2v) is 6.77. The molecule has 0 saturated heterocycles. The summed E-state index contributed by atoms with van der Waals surface area (Å²) in [5, 5.41) is 10.3. The molecule has 1 aromatic heterocycles. The van der Waals surface area contributed by atoms with E-state index in [2.05, 4.69) is 15.7 Å². The number of aromatic nitrogens is 2. The van der Waals surface area contributed by atoms with Crippen molar-refractivity contribution in [2.24, 2.45) is 0 Å². The zero-order valence-electron chi connectivity index (χ0n) is 17.3. The summed E-state index contributed by atoms with van der Waals surface area (Å²) in [6.07, 6.45) is 1.79. The molecule has 0 radical (unpaired) electrons. The van der Waals surface area contributed by atoms with E-state index in [1.807, 2.05) is 49.7 Å². The number of ether oxygens (including phenoxy) is 2. The van der Waals surface area contributed by atoms with Crippen LogP contribution in [0.25, 0.3) is 5.69 Å². The molecular formula is C22H26N4O3. The maximum Gasteiger partial charge on any atom is 0.319 e. The van der Waals surface area contributed by atoms with Crippen LogP contribution in [0.15, 0.2) is 48.7 Å². The van der Waals surface area contributed by atoms with E-state index in [1.165, 1.54) is 0 Å². The SMILES string of the molecule is COc1ccc(NC(=O)N[C@@H](C)c2cnn(-c3ccccc3C)c2C)c(OC)c1. The van der Waals surface area contributed by atoms with Gasteiger partial charge in [0.2, 0.25) is 0 Å². The summed E-state index contributed by atoms with van der Waals surface area (Å²) in [5.41, 5.74) is 4.65. The average molecular weight is 394 g/mol. The summed E-state index contributed by atoms with van der Waals surface area (Å²) in [6, 6.07) is 12.7. The fourth-order valence-corrected chi connectivity index (χ4v) is 3.23. The van der Waals surface area contributed by atoms with Crippen molar-refractivity contribution in [3.63, 3.8) is 0 Å². The van der Waals surface area contributed by atoms with Crippen molar-refractivity contribution >= 4 is 11.7 Å². The van der Waals surface area contributed by atoms with Gasteiger partial charge < -0.3 is 20.1 Å². The van der Waals surface area contributed by atoms with E-state index in [-0.39, 0.29) is 12.1 Å². The number of amides is 2. The smallest absolute Gasteiger partial charge is 0.319 e. The first kappa shape index (κ1) is 20.3. The number of rotatable bonds is 6. The van der Waals surface area contributed by atoms with E-state index >= 15 is 0 Å². The summed E-state index contributed by atoms with van der Waals surface area (Å²) < 4.78 is 12.4. The maximum atomic E-state index is 12.5. The Morgan fingerprint density at radius 2 is 1.86 bits per heavy atom. The zero-order chi connectivity index (χ0) is 21.0. The van der Waals surface area contributed by atoms with E-state index in [0.717, 1.165) is 22.5 Å². The van der Waals surface area contributed by atoms with Crippen LogP contribution >= 0.6 is 0 Å². The second-order valence-electron chi connectivity index (χ2n) is 6.77. The number of aryl methyl sites for hydroxylation is 1. The Hall–Kier alpha value is -3.48. The van der Waals surface area contributed by atoms with Crippen molar-refractivity contribution < 1.29 is 14.3 Å². The molecule has 0 unspecified atom stereocenters. The lowest BCUT2D eigenvalue weighted by Gasteiger charge is -2.16. The van der Waals surface area contributed by atoms with Crippen LogP contribution in [-0.4, -0.2) is 30.0 Å². The first-order chi connectivity index (χ1) is 13.9. The Labute approximate surface area is 170 Å². The number of anilines is 1.